The summed E-state index contributed by atoms with van der Waals surface area (Å²) in [5.41, 5.74) is 0. The number of fused-ring (bicyclic) bond motifs is 5. The molecule has 3 saturated carbocycles. The van der Waals surface area contributed by atoms with Crippen molar-refractivity contribution in [2.45, 2.75) is 65.1 Å². The van der Waals surface area contributed by atoms with E-state index in [0.717, 1.165) is 61.1 Å². The van der Waals surface area contributed by atoms with E-state index in [1.54, 1.807) is 6.42 Å². The lowest BCUT2D eigenvalue weighted by Crippen LogP contribution is -2.30. The molecule has 2 bridgehead atoms. The van der Waals surface area contributed by atoms with E-state index in [4.69, 9.17) is 9.47 Å². The first-order valence-electron chi connectivity index (χ1n) is 9.55. The fraction of sp³-hybridized carbons (Fsp3) is 1.00. The highest BCUT2D eigenvalue weighted by Gasteiger charge is 2.59. The lowest BCUT2D eigenvalue weighted by atomic mass is 9.69. The molecular weight excluding hydrogens is 260 g/mol. The lowest BCUT2D eigenvalue weighted by molar-refractivity contribution is -0.0528. The zero-order valence-electron chi connectivity index (χ0n) is 13.8. The monoisotopic (exact) mass is 292 g/mol. The van der Waals surface area contributed by atoms with Crippen molar-refractivity contribution < 1.29 is 9.47 Å². The van der Waals surface area contributed by atoms with Crippen molar-refractivity contribution in [2.24, 2.45) is 41.4 Å². The maximum atomic E-state index is 5.63. The van der Waals surface area contributed by atoms with Gasteiger partial charge in [-0.15, -0.1) is 0 Å². The molecule has 1 saturated heterocycles. The molecular formula is C19H32O2. The molecule has 0 radical (unpaired) electrons. The Hall–Kier alpha value is -0.0800. The second kappa shape index (κ2) is 5.85. The molecule has 4 fully saturated rings. The zero-order valence-corrected chi connectivity index (χ0v) is 13.8. The predicted octanol–water partition coefficient (Wildman–Crippen LogP) is 4.48. The highest BCUT2D eigenvalue weighted by Crippen LogP contribution is 2.66. The summed E-state index contributed by atoms with van der Waals surface area (Å²) in [6, 6.07) is 0. The number of ether oxygens (including phenoxy) is 2. The van der Waals surface area contributed by atoms with Gasteiger partial charge in [0.15, 0.2) is 6.29 Å². The number of hydrogen-bond acceptors (Lipinski definition) is 2. The van der Waals surface area contributed by atoms with Gasteiger partial charge in [0.2, 0.25) is 0 Å². The van der Waals surface area contributed by atoms with Crippen LogP contribution in [0.2, 0.25) is 0 Å². The Bertz CT molecular complexity index is 363. The molecule has 2 heteroatoms. The van der Waals surface area contributed by atoms with Crippen molar-refractivity contribution >= 4 is 0 Å². The van der Waals surface area contributed by atoms with Gasteiger partial charge in [0.1, 0.15) is 0 Å². The zero-order chi connectivity index (χ0) is 14.4. The van der Waals surface area contributed by atoms with Gasteiger partial charge in [-0.05, 0) is 73.5 Å². The fourth-order valence-electron chi connectivity index (χ4n) is 6.79. The Morgan fingerprint density at radius 3 is 2.19 bits per heavy atom. The van der Waals surface area contributed by atoms with Gasteiger partial charge < -0.3 is 9.47 Å². The average Bonchev–Trinajstić information content (AvgIpc) is 3.25. The third-order valence-corrected chi connectivity index (χ3v) is 7.48. The van der Waals surface area contributed by atoms with Crippen LogP contribution < -0.4 is 0 Å². The van der Waals surface area contributed by atoms with Crippen LogP contribution in [0.3, 0.4) is 0 Å². The van der Waals surface area contributed by atoms with Crippen LogP contribution in [0, 0.1) is 41.4 Å². The molecule has 21 heavy (non-hydrogen) atoms. The van der Waals surface area contributed by atoms with E-state index < -0.39 is 0 Å². The van der Waals surface area contributed by atoms with Crippen molar-refractivity contribution in [1.29, 1.82) is 0 Å². The quantitative estimate of drug-likeness (QED) is 0.743. The van der Waals surface area contributed by atoms with Crippen molar-refractivity contribution in [1.82, 2.24) is 0 Å². The Morgan fingerprint density at radius 1 is 0.762 bits per heavy atom. The van der Waals surface area contributed by atoms with Gasteiger partial charge in [-0.2, -0.15) is 0 Å². The van der Waals surface area contributed by atoms with Crippen LogP contribution in [0.5, 0.6) is 0 Å². The molecule has 1 heterocycles. The third kappa shape index (κ3) is 2.37. The summed E-state index contributed by atoms with van der Waals surface area (Å²) in [7, 11) is 0. The first kappa shape index (κ1) is 14.5. The summed E-state index contributed by atoms with van der Waals surface area (Å²) >= 11 is 0. The van der Waals surface area contributed by atoms with E-state index in [1.807, 2.05) is 0 Å². The molecule has 3 aliphatic carbocycles. The molecule has 7 unspecified atom stereocenters. The van der Waals surface area contributed by atoms with Gasteiger partial charge in [0, 0.05) is 0 Å². The van der Waals surface area contributed by atoms with Gasteiger partial charge in [-0.3, -0.25) is 0 Å². The highest BCUT2D eigenvalue weighted by molar-refractivity contribution is 5.07. The molecule has 4 rings (SSSR count). The fourth-order valence-corrected chi connectivity index (χ4v) is 6.79. The molecule has 0 spiro atoms. The first-order valence-corrected chi connectivity index (χ1v) is 9.55. The minimum absolute atomic E-state index is 0.119. The van der Waals surface area contributed by atoms with Crippen molar-refractivity contribution in [3.05, 3.63) is 0 Å². The molecule has 0 N–H and O–H groups in total. The standard InChI is InChI=1S/C19H32O2/c1-3-12-9-13(4-2)19-16-11-15(18(12)19)10-14(16)5-6-17-20-7-8-21-17/h12-19H,3-11H2,1-2H3. The maximum Gasteiger partial charge on any atom is 0.157 e. The van der Waals surface area contributed by atoms with Crippen molar-refractivity contribution in [3.63, 3.8) is 0 Å². The van der Waals surface area contributed by atoms with E-state index in [0.29, 0.717) is 0 Å². The Kier molecular flexibility index (Phi) is 4.04. The van der Waals surface area contributed by atoms with Crippen LogP contribution in [0.4, 0.5) is 0 Å². The van der Waals surface area contributed by atoms with Gasteiger partial charge in [0.05, 0.1) is 13.2 Å². The summed E-state index contributed by atoms with van der Waals surface area (Å²) in [6.45, 7) is 6.48. The van der Waals surface area contributed by atoms with E-state index in [-0.39, 0.29) is 6.29 Å². The molecule has 0 aromatic heterocycles. The topological polar surface area (TPSA) is 18.5 Å². The van der Waals surface area contributed by atoms with Crippen LogP contribution in [0.25, 0.3) is 0 Å². The van der Waals surface area contributed by atoms with Gasteiger partial charge in [-0.25, -0.2) is 0 Å². The smallest absolute Gasteiger partial charge is 0.157 e. The van der Waals surface area contributed by atoms with Crippen LogP contribution in [-0.2, 0) is 9.47 Å². The third-order valence-electron chi connectivity index (χ3n) is 7.48. The van der Waals surface area contributed by atoms with E-state index >= 15 is 0 Å². The minimum atomic E-state index is 0.119. The lowest BCUT2D eigenvalue weighted by Gasteiger charge is -2.36. The number of hydrogen-bond donors (Lipinski definition) is 0. The molecule has 0 aromatic rings. The average molecular weight is 292 g/mol. The highest BCUT2D eigenvalue weighted by atomic mass is 16.7. The van der Waals surface area contributed by atoms with Crippen LogP contribution in [0.15, 0.2) is 0 Å². The van der Waals surface area contributed by atoms with Gasteiger partial charge >= 0.3 is 0 Å². The van der Waals surface area contributed by atoms with Gasteiger partial charge in [-0.1, -0.05) is 26.7 Å². The van der Waals surface area contributed by atoms with Crippen LogP contribution in [-0.4, -0.2) is 19.5 Å². The Morgan fingerprint density at radius 2 is 1.48 bits per heavy atom. The summed E-state index contributed by atoms with van der Waals surface area (Å²) in [4.78, 5) is 0. The van der Waals surface area contributed by atoms with Gasteiger partial charge in [0.25, 0.3) is 0 Å². The largest absolute Gasteiger partial charge is 0.350 e. The van der Waals surface area contributed by atoms with Crippen molar-refractivity contribution in [2.75, 3.05) is 13.2 Å². The van der Waals surface area contributed by atoms with Crippen LogP contribution >= 0.6 is 0 Å². The maximum absolute atomic E-state index is 5.63. The normalized spacial score (nSPS) is 49.1. The predicted molar refractivity (Wildman–Crippen MR) is 83.8 cm³/mol. The molecule has 0 amide bonds. The van der Waals surface area contributed by atoms with E-state index in [1.165, 1.54) is 32.1 Å². The van der Waals surface area contributed by atoms with Crippen LogP contribution in [0.1, 0.15) is 58.8 Å². The Balaban J connectivity index is 1.40. The van der Waals surface area contributed by atoms with E-state index in [2.05, 4.69) is 13.8 Å². The SMILES string of the molecule is CCC1CC(CC)C2C3CC(CC3CCC3OCCO3)C12. The molecule has 120 valence electrons. The summed E-state index contributed by atoms with van der Waals surface area (Å²) in [6.07, 6.45) is 10.1. The molecule has 2 nitrogen and oxygen atoms in total. The number of rotatable bonds is 5. The van der Waals surface area contributed by atoms with E-state index in [9.17, 15) is 0 Å². The second-order valence-electron chi connectivity index (χ2n) is 8.13. The summed E-state index contributed by atoms with van der Waals surface area (Å²) in [5, 5.41) is 0. The molecule has 7 atom stereocenters. The van der Waals surface area contributed by atoms with Crippen molar-refractivity contribution in [3.8, 4) is 0 Å². The Labute approximate surface area is 130 Å². The summed E-state index contributed by atoms with van der Waals surface area (Å²) < 4.78 is 11.3. The molecule has 1 aliphatic heterocycles. The summed E-state index contributed by atoms with van der Waals surface area (Å²) in [5.74, 6) is 7.36. The minimum Gasteiger partial charge on any atom is -0.350 e. The first-order chi connectivity index (χ1) is 10.3. The molecule has 0 aromatic carbocycles. The second-order valence-corrected chi connectivity index (χ2v) is 8.13. The molecule has 4 aliphatic rings.